The SMILES string of the molecule is CC(C)COC(=O)CN(CCO)CCOC(=O)COCC(=O)NCCOCCOCCNC(=O)OC(C)(C)C. The fourth-order valence-corrected chi connectivity index (χ4v) is 2.63. The van der Waals surface area contributed by atoms with E-state index in [-0.39, 0.29) is 58.5 Å². The molecule has 14 heteroatoms. The number of ether oxygens (including phenoxy) is 6. The van der Waals surface area contributed by atoms with Gasteiger partial charge in [-0.1, -0.05) is 13.8 Å². The van der Waals surface area contributed by atoms with Crippen molar-refractivity contribution in [3.05, 3.63) is 0 Å². The number of carbonyl (C=O) groups is 4. The van der Waals surface area contributed by atoms with Gasteiger partial charge in [-0.2, -0.15) is 0 Å². The zero-order chi connectivity index (χ0) is 29.5. The molecule has 14 nitrogen and oxygen atoms in total. The Balaban J connectivity index is 3.71. The minimum absolute atomic E-state index is 0.00679. The molecule has 0 aliphatic heterocycles. The van der Waals surface area contributed by atoms with Crippen molar-refractivity contribution in [2.24, 2.45) is 5.92 Å². The van der Waals surface area contributed by atoms with Crippen LogP contribution in [0.25, 0.3) is 0 Å². The number of aliphatic hydroxyl groups is 1. The number of nitrogens with one attached hydrogen (secondary N) is 2. The van der Waals surface area contributed by atoms with E-state index in [4.69, 9.17) is 33.5 Å². The first-order valence-electron chi connectivity index (χ1n) is 13.0. The molecule has 2 amide bonds. The van der Waals surface area contributed by atoms with Crippen LogP contribution in [0.3, 0.4) is 0 Å². The topological polar surface area (TPSA) is 171 Å². The molecule has 0 fully saturated rings. The normalized spacial score (nSPS) is 11.4. The molecule has 0 aliphatic rings. The Morgan fingerprint density at radius 2 is 1.44 bits per heavy atom. The quantitative estimate of drug-likeness (QED) is 0.0892. The summed E-state index contributed by atoms with van der Waals surface area (Å²) in [5, 5.41) is 14.3. The molecule has 0 aliphatic carbocycles. The van der Waals surface area contributed by atoms with Crippen LogP contribution in [0.4, 0.5) is 4.79 Å². The fourth-order valence-electron chi connectivity index (χ4n) is 2.63. The van der Waals surface area contributed by atoms with E-state index in [1.54, 1.807) is 25.7 Å². The predicted octanol–water partition coefficient (Wildman–Crippen LogP) is -0.286. The highest BCUT2D eigenvalue weighted by Gasteiger charge is 2.15. The van der Waals surface area contributed by atoms with Gasteiger partial charge >= 0.3 is 18.0 Å². The Morgan fingerprint density at radius 3 is 2.03 bits per heavy atom. The van der Waals surface area contributed by atoms with Crippen molar-refractivity contribution in [2.75, 3.05) is 92.2 Å². The Hall–Kier alpha value is -2.52. The van der Waals surface area contributed by atoms with Crippen molar-refractivity contribution in [1.82, 2.24) is 15.5 Å². The largest absolute Gasteiger partial charge is 0.464 e. The first kappa shape index (κ1) is 36.5. The van der Waals surface area contributed by atoms with E-state index < -0.39 is 36.1 Å². The van der Waals surface area contributed by atoms with Gasteiger partial charge in [-0.05, 0) is 26.7 Å². The molecule has 0 unspecified atom stereocenters. The van der Waals surface area contributed by atoms with Gasteiger partial charge in [-0.15, -0.1) is 0 Å². The molecule has 0 aromatic rings. The highest BCUT2D eigenvalue weighted by Crippen LogP contribution is 2.06. The van der Waals surface area contributed by atoms with Crippen molar-refractivity contribution in [3.63, 3.8) is 0 Å². The molecule has 0 radical (unpaired) electrons. The van der Waals surface area contributed by atoms with Crippen LogP contribution < -0.4 is 10.6 Å². The first-order valence-corrected chi connectivity index (χ1v) is 13.0. The van der Waals surface area contributed by atoms with Crippen LogP contribution in [0.5, 0.6) is 0 Å². The second-order valence-corrected chi connectivity index (χ2v) is 9.79. The molecule has 0 atom stereocenters. The van der Waals surface area contributed by atoms with Crippen molar-refractivity contribution in [1.29, 1.82) is 0 Å². The molecule has 0 saturated heterocycles. The first-order chi connectivity index (χ1) is 18.4. The van der Waals surface area contributed by atoms with Crippen LogP contribution in [-0.2, 0) is 42.8 Å². The average Bonchev–Trinajstić information content (AvgIpc) is 2.83. The van der Waals surface area contributed by atoms with E-state index >= 15 is 0 Å². The Labute approximate surface area is 230 Å². The number of amides is 2. The smallest absolute Gasteiger partial charge is 0.407 e. The zero-order valence-corrected chi connectivity index (χ0v) is 24.0. The number of aliphatic hydroxyl groups excluding tert-OH is 1. The summed E-state index contributed by atoms with van der Waals surface area (Å²) in [5.41, 5.74) is -0.552. The maximum absolute atomic E-state index is 11.8. The third-order valence-electron chi connectivity index (χ3n) is 4.33. The van der Waals surface area contributed by atoms with E-state index in [2.05, 4.69) is 10.6 Å². The summed E-state index contributed by atoms with van der Waals surface area (Å²) in [4.78, 5) is 48.4. The minimum Gasteiger partial charge on any atom is -0.464 e. The minimum atomic E-state index is -0.654. The van der Waals surface area contributed by atoms with Crippen LogP contribution in [0.15, 0.2) is 0 Å². The third-order valence-corrected chi connectivity index (χ3v) is 4.33. The lowest BCUT2D eigenvalue weighted by Gasteiger charge is -2.20. The van der Waals surface area contributed by atoms with Gasteiger partial charge in [0.15, 0.2) is 0 Å². The van der Waals surface area contributed by atoms with Gasteiger partial charge in [0.2, 0.25) is 5.91 Å². The van der Waals surface area contributed by atoms with Crippen molar-refractivity contribution in [3.8, 4) is 0 Å². The molecular weight excluding hydrogens is 518 g/mol. The third kappa shape index (κ3) is 25.5. The number of hydrogen-bond donors (Lipinski definition) is 3. The summed E-state index contributed by atoms with van der Waals surface area (Å²) in [6.07, 6.45) is -0.502. The Kier molecular flexibility index (Phi) is 20.9. The van der Waals surface area contributed by atoms with E-state index in [1.165, 1.54) is 0 Å². The van der Waals surface area contributed by atoms with E-state index in [9.17, 15) is 19.2 Å². The average molecular weight is 566 g/mol. The predicted molar refractivity (Wildman–Crippen MR) is 140 cm³/mol. The summed E-state index contributed by atoms with van der Waals surface area (Å²) in [6.45, 7) is 10.9. The van der Waals surface area contributed by atoms with Gasteiger partial charge in [-0.25, -0.2) is 9.59 Å². The van der Waals surface area contributed by atoms with Gasteiger partial charge in [0.05, 0.1) is 46.2 Å². The summed E-state index contributed by atoms with van der Waals surface area (Å²) < 4.78 is 31.0. The van der Waals surface area contributed by atoms with E-state index in [1.807, 2.05) is 13.8 Å². The molecule has 3 N–H and O–H groups in total. The standard InChI is InChI=1S/C25H47N3O11/c1-20(2)17-38-22(31)16-28(8-10-29)9-13-37-23(32)19-36-18-21(30)26-6-11-34-14-15-35-12-7-27-24(33)39-25(3,4)5/h20,29H,6-19H2,1-5H3,(H,26,30)(H,27,33). The van der Waals surface area contributed by atoms with Crippen LogP contribution in [0, 0.1) is 5.92 Å². The molecule has 0 aromatic heterocycles. The molecule has 0 spiro atoms. The summed E-state index contributed by atoms with van der Waals surface area (Å²) in [5.74, 6) is -1.26. The van der Waals surface area contributed by atoms with Crippen LogP contribution in [0.2, 0.25) is 0 Å². The van der Waals surface area contributed by atoms with Gasteiger partial charge < -0.3 is 44.2 Å². The maximum Gasteiger partial charge on any atom is 0.407 e. The summed E-state index contributed by atoms with van der Waals surface area (Å²) in [7, 11) is 0. The molecule has 0 heterocycles. The molecule has 0 aromatic carbocycles. The Morgan fingerprint density at radius 1 is 0.795 bits per heavy atom. The number of esters is 2. The van der Waals surface area contributed by atoms with Crippen molar-refractivity contribution < 1.29 is 52.7 Å². The monoisotopic (exact) mass is 565 g/mol. The van der Waals surface area contributed by atoms with E-state index in [0.29, 0.717) is 33.0 Å². The van der Waals surface area contributed by atoms with Crippen molar-refractivity contribution >= 4 is 23.9 Å². The highest BCUT2D eigenvalue weighted by molar-refractivity contribution is 5.77. The fraction of sp³-hybridized carbons (Fsp3) is 0.840. The van der Waals surface area contributed by atoms with Gasteiger partial charge in [0.25, 0.3) is 0 Å². The lowest BCUT2D eigenvalue weighted by atomic mass is 10.2. The Bertz CT molecular complexity index is 699. The number of carbonyl (C=O) groups excluding carboxylic acids is 4. The summed E-state index contributed by atoms with van der Waals surface area (Å²) in [6, 6.07) is 0. The van der Waals surface area contributed by atoms with Crippen molar-refractivity contribution in [2.45, 2.75) is 40.2 Å². The van der Waals surface area contributed by atoms with Crippen LogP contribution >= 0.6 is 0 Å². The number of hydrogen-bond acceptors (Lipinski definition) is 12. The molecule has 39 heavy (non-hydrogen) atoms. The highest BCUT2D eigenvalue weighted by atomic mass is 16.6. The molecule has 0 bridgehead atoms. The van der Waals surface area contributed by atoms with Gasteiger partial charge in [0.1, 0.15) is 25.4 Å². The van der Waals surface area contributed by atoms with Gasteiger partial charge in [0, 0.05) is 26.2 Å². The molecule has 0 saturated carbocycles. The molecule has 228 valence electrons. The van der Waals surface area contributed by atoms with E-state index in [0.717, 1.165) is 0 Å². The number of nitrogens with zero attached hydrogens (tertiary/aromatic N) is 1. The summed E-state index contributed by atoms with van der Waals surface area (Å²) >= 11 is 0. The lowest BCUT2D eigenvalue weighted by molar-refractivity contribution is -0.150. The number of alkyl carbamates (subject to hydrolysis) is 1. The number of rotatable bonds is 22. The lowest BCUT2D eigenvalue weighted by Crippen LogP contribution is -2.36. The maximum atomic E-state index is 11.8. The van der Waals surface area contributed by atoms with Crippen LogP contribution in [0.1, 0.15) is 34.6 Å². The second-order valence-electron chi connectivity index (χ2n) is 9.79. The second kappa shape index (κ2) is 22.3. The molecular formula is C25H47N3O11. The van der Waals surface area contributed by atoms with Gasteiger partial charge in [-0.3, -0.25) is 14.5 Å². The van der Waals surface area contributed by atoms with Crippen LogP contribution in [-0.4, -0.2) is 132 Å². The zero-order valence-electron chi connectivity index (χ0n) is 24.0. The molecule has 0 rings (SSSR count).